The lowest BCUT2D eigenvalue weighted by Gasteiger charge is -2.17. The monoisotopic (exact) mass is 364 g/mol. The summed E-state index contributed by atoms with van der Waals surface area (Å²) in [4.78, 5) is 0. The molecular formula is C15H12Cl4O2. The first-order chi connectivity index (χ1) is 9.95. The minimum absolute atomic E-state index is 0.325. The normalized spacial score (nSPS) is 12.3. The Morgan fingerprint density at radius 1 is 1.00 bits per heavy atom. The third kappa shape index (κ3) is 3.58. The van der Waals surface area contributed by atoms with Gasteiger partial charge in [-0.3, -0.25) is 0 Å². The van der Waals surface area contributed by atoms with Crippen molar-refractivity contribution >= 4 is 46.4 Å². The van der Waals surface area contributed by atoms with Gasteiger partial charge in [-0.05, 0) is 25.1 Å². The van der Waals surface area contributed by atoms with E-state index in [2.05, 4.69) is 0 Å². The van der Waals surface area contributed by atoms with Crippen LogP contribution in [0.1, 0.15) is 24.2 Å². The molecule has 0 aromatic heterocycles. The summed E-state index contributed by atoms with van der Waals surface area (Å²) in [5.74, 6) is 0.463. The van der Waals surface area contributed by atoms with Gasteiger partial charge in [-0.1, -0.05) is 52.5 Å². The zero-order chi connectivity index (χ0) is 15.6. The largest absolute Gasteiger partial charge is 0.492 e. The Kier molecular flexibility index (Phi) is 5.64. The van der Waals surface area contributed by atoms with Gasteiger partial charge >= 0.3 is 0 Å². The Balaban J connectivity index is 2.49. The van der Waals surface area contributed by atoms with Crippen LogP contribution < -0.4 is 4.74 Å². The minimum atomic E-state index is -1.08. The van der Waals surface area contributed by atoms with E-state index in [1.165, 1.54) is 0 Å². The number of hydrogen-bond donors (Lipinski definition) is 1. The molecule has 21 heavy (non-hydrogen) atoms. The summed E-state index contributed by atoms with van der Waals surface area (Å²) in [7, 11) is 0. The van der Waals surface area contributed by atoms with E-state index in [0.29, 0.717) is 43.6 Å². The van der Waals surface area contributed by atoms with Gasteiger partial charge in [-0.2, -0.15) is 0 Å². The highest BCUT2D eigenvalue weighted by Gasteiger charge is 2.21. The first-order valence-corrected chi connectivity index (χ1v) is 7.70. The Labute approximate surface area is 143 Å². The summed E-state index contributed by atoms with van der Waals surface area (Å²) >= 11 is 24.5. The molecule has 0 saturated carbocycles. The fourth-order valence-corrected chi connectivity index (χ4v) is 3.03. The van der Waals surface area contributed by atoms with Crippen LogP contribution in [-0.4, -0.2) is 11.7 Å². The van der Waals surface area contributed by atoms with E-state index in [9.17, 15) is 5.11 Å². The maximum absolute atomic E-state index is 10.5. The SMILES string of the molecule is CCOc1cc(Cl)c(C(O)c2c(Cl)cccc2Cl)cc1Cl. The van der Waals surface area contributed by atoms with Crippen LogP contribution in [-0.2, 0) is 0 Å². The molecule has 1 atom stereocenters. The van der Waals surface area contributed by atoms with Crippen LogP contribution in [0.4, 0.5) is 0 Å². The van der Waals surface area contributed by atoms with Gasteiger partial charge in [-0.25, -0.2) is 0 Å². The number of halogens is 4. The van der Waals surface area contributed by atoms with Crippen molar-refractivity contribution in [2.45, 2.75) is 13.0 Å². The van der Waals surface area contributed by atoms with Crippen molar-refractivity contribution in [2.75, 3.05) is 6.61 Å². The average molecular weight is 366 g/mol. The average Bonchev–Trinajstić information content (AvgIpc) is 2.42. The highest BCUT2D eigenvalue weighted by atomic mass is 35.5. The van der Waals surface area contributed by atoms with Crippen LogP contribution >= 0.6 is 46.4 Å². The van der Waals surface area contributed by atoms with E-state index < -0.39 is 6.10 Å². The number of aliphatic hydroxyl groups is 1. The van der Waals surface area contributed by atoms with Gasteiger partial charge in [0.05, 0.1) is 16.7 Å². The molecule has 0 aliphatic heterocycles. The Bertz CT molecular complexity index is 638. The Morgan fingerprint density at radius 3 is 2.19 bits per heavy atom. The fourth-order valence-electron chi connectivity index (χ4n) is 1.95. The molecule has 1 unspecified atom stereocenters. The first kappa shape index (κ1) is 16.7. The van der Waals surface area contributed by atoms with E-state index in [1.54, 1.807) is 30.3 Å². The molecule has 2 rings (SSSR count). The maximum atomic E-state index is 10.5. The number of hydrogen-bond acceptors (Lipinski definition) is 2. The van der Waals surface area contributed by atoms with Gasteiger partial charge in [0.2, 0.25) is 0 Å². The first-order valence-electron chi connectivity index (χ1n) is 6.19. The predicted octanol–water partition coefficient (Wildman–Crippen LogP) is 5.78. The van der Waals surface area contributed by atoms with Crippen molar-refractivity contribution in [3.8, 4) is 5.75 Å². The summed E-state index contributed by atoms with van der Waals surface area (Å²) in [6.07, 6.45) is -1.08. The van der Waals surface area contributed by atoms with Crippen molar-refractivity contribution in [2.24, 2.45) is 0 Å². The van der Waals surface area contributed by atoms with Crippen molar-refractivity contribution in [3.63, 3.8) is 0 Å². The molecule has 0 spiro atoms. The predicted molar refractivity (Wildman–Crippen MR) is 88.2 cm³/mol. The zero-order valence-electron chi connectivity index (χ0n) is 11.0. The molecule has 112 valence electrons. The quantitative estimate of drug-likeness (QED) is 0.743. The van der Waals surface area contributed by atoms with Crippen molar-refractivity contribution in [1.82, 2.24) is 0 Å². The second kappa shape index (κ2) is 7.08. The van der Waals surface area contributed by atoms with Crippen LogP contribution in [0.15, 0.2) is 30.3 Å². The topological polar surface area (TPSA) is 29.5 Å². The summed E-state index contributed by atoms with van der Waals surface area (Å²) < 4.78 is 5.36. The van der Waals surface area contributed by atoms with E-state index in [0.717, 1.165) is 0 Å². The third-order valence-corrected chi connectivity index (χ3v) is 4.20. The third-order valence-electron chi connectivity index (χ3n) is 2.92. The number of rotatable bonds is 4. The number of ether oxygens (including phenoxy) is 1. The lowest BCUT2D eigenvalue weighted by molar-refractivity contribution is 0.220. The van der Waals surface area contributed by atoms with Crippen LogP contribution in [0.25, 0.3) is 0 Å². The zero-order valence-corrected chi connectivity index (χ0v) is 14.1. The summed E-state index contributed by atoms with van der Waals surface area (Å²) in [5.41, 5.74) is 0.808. The molecule has 0 aliphatic carbocycles. The van der Waals surface area contributed by atoms with Crippen LogP contribution in [0, 0.1) is 0 Å². The lowest BCUT2D eigenvalue weighted by Crippen LogP contribution is -2.03. The second-order valence-electron chi connectivity index (χ2n) is 4.28. The van der Waals surface area contributed by atoms with Crippen LogP contribution in [0.3, 0.4) is 0 Å². The van der Waals surface area contributed by atoms with Gasteiger partial charge in [0.1, 0.15) is 11.9 Å². The molecular weight excluding hydrogens is 354 g/mol. The summed E-state index contributed by atoms with van der Waals surface area (Å²) in [5, 5.41) is 11.9. The van der Waals surface area contributed by atoms with Gasteiger partial charge in [0, 0.05) is 27.2 Å². The summed E-state index contributed by atoms with van der Waals surface area (Å²) in [6.45, 7) is 2.31. The van der Waals surface area contributed by atoms with Crippen molar-refractivity contribution < 1.29 is 9.84 Å². The van der Waals surface area contributed by atoms with Crippen molar-refractivity contribution in [1.29, 1.82) is 0 Å². The molecule has 2 nitrogen and oxygen atoms in total. The van der Waals surface area contributed by atoms with Gasteiger partial charge in [0.15, 0.2) is 0 Å². The molecule has 0 amide bonds. The maximum Gasteiger partial charge on any atom is 0.139 e. The Morgan fingerprint density at radius 2 is 1.62 bits per heavy atom. The van der Waals surface area contributed by atoms with Crippen molar-refractivity contribution in [3.05, 3.63) is 61.5 Å². The molecule has 0 aliphatic rings. The van der Waals surface area contributed by atoms with E-state index in [4.69, 9.17) is 51.1 Å². The number of aliphatic hydroxyl groups excluding tert-OH is 1. The highest BCUT2D eigenvalue weighted by molar-refractivity contribution is 6.36. The molecule has 0 fully saturated rings. The van der Waals surface area contributed by atoms with E-state index in [-0.39, 0.29) is 0 Å². The number of benzene rings is 2. The molecule has 1 N–H and O–H groups in total. The molecule has 0 radical (unpaired) electrons. The van der Waals surface area contributed by atoms with E-state index >= 15 is 0 Å². The molecule has 0 bridgehead atoms. The van der Waals surface area contributed by atoms with E-state index in [1.807, 2.05) is 6.92 Å². The standard InChI is InChI=1S/C15H12Cl4O2/c1-2-21-13-7-11(18)8(6-12(13)19)15(20)14-9(16)4-3-5-10(14)17/h3-7,15,20H,2H2,1H3. The van der Waals surface area contributed by atoms with Gasteiger partial charge < -0.3 is 9.84 Å². The van der Waals surface area contributed by atoms with Crippen LogP contribution in [0.2, 0.25) is 20.1 Å². The Hall–Kier alpha value is -0.640. The minimum Gasteiger partial charge on any atom is -0.492 e. The van der Waals surface area contributed by atoms with Crippen LogP contribution in [0.5, 0.6) is 5.75 Å². The fraction of sp³-hybridized carbons (Fsp3) is 0.200. The molecule has 2 aromatic carbocycles. The smallest absolute Gasteiger partial charge is 0.139 e. The van der Waals surface area contributed by atoms with Gasteiger partial charge in [-0.15, -0.1) is 0 Å². The summed E-state index contributed by atoms with van der Waals surface area (Å²) in [6, 6.07) is 8.12. The van der Waals surface area contributed by atoms with Gasteiger partial charge in [0.25, 0.3) is 0 Å². The molecule has 0 heterocycles. The lowest BCUT2D eigenvalue weighted by atomic mass is 10.0. The molecule has 0 saturated heterocycles. The second-order valence-corrected chi connectivity index (χ2v) is 5.90. The highest BCUT2D eigenvalue weighted by Crippen LogP contribution is 2.40. The molecule has 2 aromatic rings. The molecule has 6 heteroatoms.